The molecule has 0 bridgehead atoms. The van der Waals surface area contributed by atoms with E-state index in [2.05, 4.69) is 20.8 Å². The van der Waals surface area contributed by atoms with E-state index >= 15 is 0 Å². The predicted octanol–water partition coefficient (Wildman–Crippen LogP) is 4.90. The molecule has 0 fully saturated rings. The zero-order valence-electron chi connectivity index (χ0n) is 13.3. The molecule has 1 heterocycles. The van der Waals surface area contributed by atoms with Crippen molar-refractivity contribution in [1.29, 1.82) is 0 Å². The second-order valence-corrected chi connectivity index (χ2v) is 6.37. The van der Waals surface area contributed by atoms with Crippen LogP contribution in [0.3, 0.4) is 0 Å². The Morgan fingerprint density at radius 3 is 2.48 bits per heavy atom. The minimum Gasteiger partial charge on any atom is -0.494 e. The van der Waals surface area contributed by atoms with Gasteiger partial charge in [0.05, 0.1) is 6.61 Å². The number of ether oxygens (including phenoxy) is 1. The number of halogens is 1. The van der Waals surface area contributed by atoms with Crippen molar-refractivity contribution in [2.75, 3.05) is 17.2 Å². The number of carbonyl (C=O) groups excluding carboxylic acids is 1. The number of carbonyl (C=O) groups is 1. The van der Waals surface area contributed by atoms with E-state index in [9.17, 15) is 4.79 Å². The third-order valence-electron chi connectivity index (χ3n) is 3.16. The molecule has 0 saturated heterocycles. The molecule has 0 aliphatic heterocycles. The minimum absolute atomic E-state index is 0.386. The summed E-state index contributed by atoms with van der Waals surface area (Å²) < 4.78 is 5.36. The Hall–Kier alpha value is -2.64. The molecule has 0 aliphatic carbocycles. The van der Waals surface area contributed by atoms with Crippen LogP contribution in [0.15, 0.2) is 48.5 Å². The summed E-state index contributed by atoms with van der Waals surface area (Å²) in [4.78, 5) is 12.1. The second-order valence-electron chi connectivity index (χ2n) is 4.96. The SMILES string of the molecule is CCOc1ccc(NC(=O)Nc2nnc(-c3ccc(Cl)cc3)s2)cc1. The molecule has 128 valence electrons. The highest BCUT2D eigenvalue weighted by atomic mass is 35.5. The molecule has 8 heteroatoms. The first-order valence-corrected chi connectivity index (χ1v) is 8.74. The van der Waals surface area contributed by atoms with Gasteiger partial charge in [-0.1, -0.05) is 35.1 Å². The predicted molar refractivity (Wildman–Crippen MR) is 101 cm³/mol. The van der Waals surface area contributed by atoms with Gasteiger partial charge in [-0.2, -0.15) is 0 Å². The summed E-state index contributed by atoms with van der Waals surface area (Å²) in [6.07, 6.45) is 0. The Labute approximate surface area is 153 Å². The lowest BCUT2D eigenvalue weighted by atomic mass is 10.2. The van der Waals surface area contributed by atoms with Gasteiger partial charge in [0.15, 0.2) is 0 Å². The third-order valence-corrected chi connectivity index (χ3v) is 4.30. The van der Waals surface area contributed by atoms with Crippen LogP contribution in [-0.2, 0) is 0 Å². The highest BCUT2D eigenvalue weighted by Gasteiger charge is 2.10. The van der Waals surface area contributed by atoms with Gasteiger partial charge < -0.3 is 10.1 Å². The molecule has 0 saturated carbocycles. The Morgan fingerprint density at radius 2 is 1.80 bits per heavy atom. The fraction of sp³-hybridized carbons (Fsp3) is 0.118. The van der Waals surface area contributed by atoms with E-state index in [1.165, 1.54) is 11.3 Å². The summed E-state index contributed by atoms with van der Waals surface area (Å²) in [5, 5.41) is 15.2. The number of hydrogen-bond acceptors (Lipinski definition) is 5. The first-order valence-electron chi connectivity index (χ1n) is 7.54. The van der Waals surface area contributed by atoms with Crippen molar-refractivity contribution in [2.24, 2.45) is 0 Å². The second kappa shape index (κ2) is 7.96. The van der Waals surface area contributed by atoms with Crippen LogP contribution >= 0.6 is 22.9 Å². The maximum absolute atomic E-state index is 12.1. The Balaban J connectivity index is 1.60. The van der Waals surface area contributed by atoms with E-state index in [0.29, 0.717) is 27.5 Å². The number of nitrogens with zero attached hydrogens (tertiary/aromatic N) is 2. The summed E-state index contributed by atoms with van der Waals surface area (Å²) in [5.74, 6) is 0.755. The fourth-order valence-corrected chi connectivity index (χ4v) is 2.91. The number of amides is 2. The van der Waals surface area contributed by atoms with Crippen molar-refractivity contribution in [1.82, 2.24) is 10.2 Å². The molecule has 3 rings (SSSR count). The lowest BCUT2D eigenvalue weighted by Gasteiger charge is -2.06. The van der Waals surface area contributed by atoms with Crippen molar-refractivity contribution in [3.8, 4) is 16.3 Å². The van der Waals surface area contributed by atoms with Gasteiger partial charge in [0.1, 0.15) is 10.8 Å². The van der Waals surface area contributed by atoms with E-state index < -0.39 is 0 Å². The molecule has 25 heavy (non-hydrogen) atoms. The van der Waals surface area contributed by atoms with E-state index in [1.807, 2.05) is 19.1 Å². The van der Waals surface area contributed by atoms with Crippen LogP contribution in [0.4, 0.5) is 15.6 Å². The molecule has 3 aromatic rings. The van der Waals surface area contributed by atoms with Gasteiger partial charge >= 0.3 is 6.03 Å². The molecule has 1 aromatic heterocycles. The van der Waals surface area contributed by atoms with Crippen molar-refractivity contribution in [3.63, 3.8) is 0 Å². The van der Waals surface area contributed by atoms with Crippen LogP contribution in [0.2, 0.25) is 5.02 Å². The van der Waals surface area contributed by atoms with Crippen LogP contribution < -0.4 is 15.4 Å². The first kappa shape index (κ1) is 17.2. The Kier molecular flexibility index (Phi) is 5.47. The molecule has 0 atom stereocenters. The molecule has 0 spiro atoms. The van der Waals surface area contributed by atoms with Gasteiger partial charge in [0.25, 0.3) is 0 Å². The van der Waals surface area contributed by atoms with Crippen molar-refractivity contribution in [2.45, 2.75) is 6.92 Å². The molecule has 6 nitrogen and oxygen atoms in total. The third kappa shape index (κ3) is 4.68. The van der Waals surface area contributed by atoms with Crippen LogP contribution in [0.5, 0.6) is 5.75 Å². The number of hydrogen-bond donors (Lipinski definition) is 2. The molecule has 2 aromatic carbocycles. The van der Waals surface area contributed by atoms with E-state index in [0.717, 1.165) is 11.3 Å². The molecule has 0 radical (unpaired) electrons. The van der Waals surface area contributed by atoms with Gasteiger partial charge in [-0.15, -0.1) is 10.2 Å². The maximum Gasteiger partial charge on any atom is 0.325 e. The smallest absolute Gasteiger partial charge is 0.325 e. The van der Waals surface area contributed by atoms with Crippen molar-refractivity contribution in [3.05, 3.63) is 53.6 Å². The lowest BCUT2D eigenvalue weighted by Crippen LogP contribution is -2.19. The van der Waals surface area contributed by atoms with Gasteiger partial charge in [0, 0.05) is 16.3 Å². The molecule has 0 aliphatic rings. The summed E-state index contributed by atoms with van der Waals surface area (Å²) in [6, 6.07) is 14.0. The minimum atomic E-state index is -0.386. The Bertz CT molecular complexity index is 850. The number of rotatable bonds is 5. The highest BCUT2D eigenvalue weighted by Crippen LogP contribution is 2.27. The maximum atomic E-state index is 12.1. The van der Waals surface area contributed by atoms with Crippen LogP contribution in [-0.4, -0.2) is 22.8 Å². The average molecular weight is 375 g/mol. The van der Waals surface area contributed by atoms with Gasteiger partial charge in [-0.3, -0.25) is 5.32 Å². The number of aromatic nitrogens is 2. The van der Waals surface area contributed by atoms with E-state index in [-0.39, 0.29) is 6.03 Å². The quantitative estimate of drug-likeness (QED) is 0.665. The monoisotopic (exact) mass is 374 g/mol. The molecule has 2 N–H and O–H groups in total. The first-order chi connectivity index (χ1) is 12.1. The van der Waals surface area contributed by atoms with E-state index in [1.54, 1.807) is 36.4 Å². The normalized spacial score (nSPS) is 10.3. The van der Waals surface area contributed by atoms with Crippen molar-refractivity contribution >= 4 is 39.8 Å². The topological polar surface area (TPSA) is 76.1 Å². The standard InChI is InChI=1S/C17H15ClN4O2S/c1-2-24-14-9-7-13(8-10-14)19-16(23)20-17-22-21-15(25-17)11-3-5-12(18)6-4-11/h3-10H,2H2,1H3,(H2,19,20,22,23). The average Bonchev–Trinajstić information content (AvgIpc) is 3.06. The largest absolute Gasteiger partial charge is 0.494 e. The Morgan fingerprint density at radius 1 is 1.08 bits per heavy atom. The fourth-order valence-electron chi connectivity index (χ4n) is 2.04. The molecule has 2 amide bonds. The van der Waals surface area contributed by atoms with Gasteiger partial charge in [-0.25, -0.2) is 4.79 Å². The van der Waals surface area contributed by atoms with Crippen LogP contribution in [0, 0.1) is 0 Å². The zero-order chi connectivity index (χ0) is 17.6. The van der Waals surface area contributed by atoms with E-state index in [4.69, 9.17) is 16.3 Å². The number of nitrogens with one attached hydrogen (secondary N) is 2. The molecular formula is C17H15ClN4O2S. The summed E-state index contributed by atoms with van der Waals surface area (Å²) >= 11 is 7.15. The molecule has 0 unspecified atom stereocenters. The van der Waals surface area contributed by atoms with Crippen molar-refractivity contribution < 1.29 is 9.53 Å². The summed E-state index contributed by atoms with van der Waals surface area (Å²) in [6.45, 7) is 2.51. The highest BCUT2D eigenvalue weighted by molar-refractivity contribution is 7.18. The van der Waals surface area contributed by atoms with Gasteiger partial charge in [-0.05, 0) is 43.3 Å². The number of benzene rings is 2. The number of urea groups is 1. The van der Waals surface area contributed by atoms with Gasteiger partial charge in [0.2, 0.25) is 5.13 Å². The van der Waals surface area contributed by atoms with Crippen LogP contribution in [0.25, 0.3) is 10.6 Å². The number of anilines is 2. The zero-order valence-corrected chi connectivity index (χ0v) is 14.9. The summed E-state index contributed by atoms with van der Waals surface area (Å²) in [7, 11) is 0. The van der Waals surface area contributed by atoms with Crippen LogP contribution in [0.1, 0.15) is 6.92 Å². The summed E-state index contributed by atoms with van der Waals surface area (Å²) in [5.41, 5.74) is 1.55. The lowest BCUT2D eigenvalue weighted by molar-refractivity contribution is 0.262. The molecular weight excluding hydrogens is 360 g/mol.